The maximum absolute atomic E-state index is 11.9. The van der Waals surface area contributed by atoms with Crippen molar-refractivity contribution in [3.8, 4) is 5.75 Å². The lowest BCUT2D eigenvalue weighted by Crippen LogP contribution is -2.20. The van der Waals surface area contributed by atoms with Gasteiger partial charge in [-0.15, -0.1) is 0 Å². The van der Waals surface area contributed by atoms with Crippen molar-refractivity contribution in [1.29, 1.82) is 0 Å². The van der Waals surface area contributed by atoms with E-state index in [9.17, 15) is 9.59 Å². The topological polar surface area (TPSA) is 73.5 Å². The van der Waals surface area contributed by atoms with Gasteiger partial charge >= 0.3 is 5.76 Å². The van der Waals surface area contributed by atoms with E-state index in [1.165, 1.54) is 4.57 Å². The highest BCUT2D eigenvalue weighted by Crippen LogP contribution is 2.18. The smallest absolute Gasteiger partial charge is 0.419 e. The summed E-state index contributed by atoms with van der Waals surface area (Å²) in [5.41, 5.74) is 1.59. The molecule has 0 aliphatic heterocycles. The molecule has 118 valence electrons. The molecule has 0 unspecified atom stereocenters. The number of nitrogens with zero attached hydrogens (tertiary/aromatic N) is 1. The molecule has 0 saturated heterocycles. The van der Waals surface area contributed by atoms with Gasteiger partial charge in [0.05, 0.1) is 5.52 Å². The fourth-order valence-corrected chi connectivity index (χ4v) is 2.21. The first-order valence-electron chi connectivity index (χ1n) is 6.81. The maximum atomic E-state index is 11.9. The van der Waals surface area contributed by atoms with Gasteiger partial charge < -0.3 is 14.5 Å². The molecule has 0 spiro atoms. The molecule has 1 N–H and O–H groups in total. The zero-order valence-corrected chi connectivity index (χ0v) is 13.0. The summed E-state index contributed by atoms with van der Waals surface area (Å²) in [5.74, 6) is -0.221. The van der Waals surface area contributed by atoms with E-state index in [0.29, 0.717) is 27.6 Å². The van der Waals surface area contributed by atoms with E-state index in [2.05, 4.69) is 5.32 Å². The van der Waals surface area contributed by atoms with Crippen molar-refractivity contribution in [2.45, 2.75) is 0 Å². The lowest BCUT2D eigenvalue weighted by molar-refractivity contribution is -0.118. The maximum Gasteiger partial charge on any atom is 0.419 e. The second-order valence-electron chi connectivity index (χ2n) is 4.90. The van der Waals surface area contributed by atoms with Crippen LogP contribution in [0.25, 0.3) is 11.1 Å². The Morgan fingerprint density at radius 1 is 1.26 bits per heavy atom. The summed E-state index contributed by atoms with van der Waals surface area (Å²) in [4.78, 5) is 23.3. The van der Waals surface area contributed by atoms with E-state index in [1.807, 2.05) is 0 Å². The first kappa shape index (κ1) is 15.2. The zero-order valence-electron chi connectivity index (χ0n) is 12.2. The lowest BCUT2D eigenvalue weighted by atomic mass is 10.3. The number of benzene rings is 2. The normalized spacial score (nSPS) is 10.7. The van der Waals surface area contributed by atoms with E-state index < -0.39 is 5.76 Å². The van der Waals surface area contributed by atoms with Crippen molar-refractivity contribution in [2.75, 3.05) is 11.9 Å². The first-order valence-corrected chi connectivity index (χ1v) is 7.18. The molecule has 1 heterocycles. The van der Waals surface area contributed by atoms with Gasteiger partial charge in [0.2, 0.25) is 0 Å². The standard InChI is InChI=1S/C16H13ClN2O4/c1-19-13-7-4-11(8-14(13)23-16(19)21)18-15(20)9-22-12-5-2-10(17)3-6-12/h2-8H,9H2,1H3,(H,18,20). The lowest BCUT2D eigenvalue weighted by Gasteiger charge is -2.07. The van der Waals surface area contributed by atoms with Crippen LogP contribution in [0.5, 0.6) is 5.75 Å². The van der Waals surface area contributed by atoms with Crippen molar-refractivity contribution in [3.05, 3.63) is 58.0 Å². The van der Waals surface area contributed by atoms with Crippen LogP contribution in [-0.4, -0.2) is 17.1 Å². The Labute approximate surface area is 136 Å². The molecule has 0 aliphatic rings. The number of carbonyl (C=O) groups is 1. The number of aryl methyl sites for hydroxylation is 1. The molecule has 0 bridgehead atoms. The molecule has 2 aromatic carbocycles. The number of hydrogen-bond donors (Lipinski definition) is 1. The zero-order chi connectivity index (χ0) is 16.4. The molecule has 6 nitrogen and oxygen atoms in total. The third kappa shape index (κ3) is 3.37. The number of ether oxygens (including phenoxy) is 1. The molecular weight excluding hydrogens is 320 g/mol. The van der Waals surface area contributed by atoms with E-state index in [4.69, 9.17) is 20.8 Å². The number of halogens is 1. The van der Waals surface area contributed by atoms with Crippen molar-refractivity contribution >= 4 is 34.3 Å². The molecule has 0 fully saturated rings. The van der Waals surface area contributed by atoms with Gasteiger partial charge in [0.1, 0.15) is 5.75 Å². The van der Waals surface area contributed by atoms with Crippen LogP contribution in [0.3, 0.4) is 0 Å². The van der Waals surface area contributed by atoms with E-state index in [-0.39, 0.29) is 12.5 Å². The van der Waals surface area contributed by atoms with Gasteiger partial charge in [-0.2, -0.15) is 0 Å². The Morgan fingerprint density at radius 3 is 2.74 bits per heavy atom. The summed E-state index contributed by atoms with van der Waals surface area (Å²) in [6.07, 6.45) is 0. The summed E-state index contributed by atoms with van der Waals surface area (Å²) < 4.78 is 11.8. The molecule has 0 saturated carbocycles. The quantitative estimate of drug-likeness (QED) is 0.797. The molecule has 7 heteroatoms. The Bertz CT molecular complexity index is 912. The molecular formula is C16H13ClN2O4. The molecule has 3 rings (SSSR count). The minimum atomic E-state index is -0.449. The van der Waals surface area contributed by atoms with Crippen LogP contribution in [0.15, 0.2) is 51.7 Å². The van der Waals surface area contributed by atoms with Crippen molar-refractivity contribution in [3.63, 3.8) is 0 Å². The van der Waals surface area contributed by atoms with Crippen molar-refractivity contribution < 1.29 is 13.9 Å². The van der Waals surface area contributed by atoms with Crippen LogP contribution >= 0.6 is 11.6 Å². The monoisotopic (exact) mass is 332 g/mol. The van der Waals surface area contributed by atoms with Gasteiger partial charge in [0.15, 0.2) is 12.2 Å². The molecule has 23 heavy (non-hydrogen) atoms. The van der Waals surface area contributed by atoms with Crippen LogP contribution in [0.1, 0.15) is 0 Å². The summed E-state index contributed by atoms with van der Waals surface area (Å²) in [5, 5.41) is 3.28. The summed E-state index contributed by atoms with van der Waals surface area (Å²) in [6, 6.07) is 11.7. The van der Waals surface area contributed by atoms with Crippen molar-refractivity contribution in [1.82, 2.24) is 4.57 Å². The van der Waals surface area contributed by atoms with Crippen LogP contribution in [0.2, 0.25) is 5.02 Å². The third-order valence-corrected chi connectivity index (χ3v) is 3.51. The van der Waals surface area contributed by atoms with E-state index in [1.54, 1.807) is 49.5 Å². The van der Waals surface area contributed by atoms with Crippen LogP contribution in [0, 0.1) is 0 Å². The number of amides is 1. The van der Waals surface area contributed by atoms with Gasteiger partial charge in [0, 0.05) is 23.8 Å². The fourth-order valence-electron chi connectivity index (χ4n) is 2.09. The predicted octanol–water partition coefficient (Wildman–Crippen LogP) is 2.80. The Balaban J connectivity index is 1.65. The van der Waals surface area contributed by atoms with Gasteiger partial charge in [-0.1, -0.05) is 11.6 Å². The molecule has 1 aromatic heterocycles. The second kappa shape index (κ2) is 6.18. The average molecular weight is 333 g/mol. The van der Waals surface area contributed by atoms with Crippen LogP contribution < -0.4 is 15.8 Å². The third-order valence-electron chi connectivity index (χ3n) is 3.26. The predicted molar refractivity (Wildman–Crippen MR) is 87.0 cm³/mol. The molecule has 0 atom stereocenters. The Morgan fingerprint density at radius 2 is 2.00 bits per heavy atom. The van der Waals surface area contributed by atoms with Gasteiger partial charge in [-0.3, -0.25) is 9.36 Å². The summed E-state index contributed by atoms with van der Waals surface area (Å²) in [7, 11) is 1.62. The SMILES string of the molecule is Cn1c(=O)oc2cc(NC(=O)COc3ccc(Cl)cc3)ccc21. The highest BCUT2D eigenvalue weighted by molar-refractivity contribution is 6.30. The molecule has 0 aliphatic carbocycles. The number of fused-ring (bicyclic) bond motifs is 1. The second-order valence-corrected chi connectivity index (χ2v) is 5.34. The van der Waals surface area contributed by atoms with E-state index in [0.717, 1.165) is 0 Å². The molecule has 0 radical (unpaired) electrons. The number of anilines is 1. The number of carbonyl (C=O) groups excluding carboxylic acids is 1. The van der Waals surface area contributed by atoms with Gasteiger partial charge in [0.25, 0.3) is 5.91 Å². The summed E-state index contributed by atoms with van der Waals surface area (Å²) in [6.45, 7) is -0.140. The Hall–Kier alpha value is -2.73. The summed E-state index contributed by atoms with van der Waals surface area (Å²) >= 11 is 5.77. The average Bonchev–Trinajstić information content (AvgIpc) is 2.81. The number of nitrogens with one attached hydrogen (secondary N) is 1. The van der Waals surface area contributed by atoms with Crippen LogP contribution in [-0.2, 0) is 11.8 Å². The van der Waals surface area contributed by atoms with Crippen LogP contribution in [0.4, 0.5) is 5.69 Å². The number of rotatable bonds is 4. The first-order chi connectivity index (χ1) is 11.0. The van der Waals surface area contributed by atoms with Gasteiger partial charge in [-0.25, -0.2) is 4.79 Å². The number of aromatic nitrogens is 1. The van der Waals surface area contributed by atoms with E-state index >= 15 is 0 Å². The fraction of sp³-hybridized carbons (Fsp3) is 0.125. The highest BCUT2D eigenvalue weighted by Gasteiger charge is 2.09. The minimum absolute atomic E-state index is 0.140. The van der Waals surface area contributed by atoms with Gasteiger partial charge in [-0.05, 0) is 36.4 Å². The van der Waals surface area contributed by atoms with Crippen molar-refractivity contribution in [2.24, 2.45) is 7.05 Å². The molecule has 3 aromatic rings. The molecule has 1 amide bonds. The number of oxazole rings is 1. The highest BCUT2D eigenvalue weighted by atomic mass is 35.5. The number of hydrogen-bond acceptors (Lipinski definition) is 4. The minimum Gasteiger partial charge on any atom is -0.484 e. The largest absolute Gasteiger partial charge is 0.484 e. The Kier molecular flexibility index (Phi) is 4.08.